The van der Waals surface area contributed by atoms with E-state index in [2.05, 4.69) is 15.3 Å². The van der Waals surface area contributed by atoms with E-state index < -0.39 is 10.0 Å². The van der Waals surface area contributed by atoms with Crippen molar-refractivity contribution in [3.05, 3.63) is 64.4 Å². The van der Waals surface area contributed by atoms with Crippen LogP contribution in [0.1, 0.15) is 26.5 Å². The van der Waals surface area contributed by atoms with Crippen molar-refractivity contribution in [2.24, 2.45) is 0 Å². The third kappa shape index (κ3) is 4.31. The van der Waals surface area contributed by atoms with Crippen LogP contribution in [0.25, 0.3) is 10.6 Å². The molecule has 0 spiro atoms. The fraction of sp³-hybridized carbons (Fsp3) is 0.348. The number of pyridine rings is 1. The van der Waals surface area contributed by atoms with Crippen molar-refractivity contribution in [1.29, 1.82) is 0 Å². The Balaban J connectivity index is 1.28. The molecule has 0 unspecified atom stereocenters. The van der Waals surface area contributed by atoms with Gasteiger partial charge >= 0.3 is 0 Å². The first-order valence-electron chi connectivity index (χ1n) is 10.9. The molecular weight excluding hydrogens is 458 g/mol. The van der Waals surface area contributed by atoms with Gasteiger partial charge in [0, 0.05) is 50.7 Å². The Bertz CT molecular complexity index is 1280. The number of benzene rings is 1. The molecule has 4 heterocycles. The lowest BCUT2D eigenvalue weighted by Gasteiger charge is -2.34. The zero-order valence-electron chi connectivity index (χ0n) is 18.3. The number of hydrogen-bond acceptors (Lipinski definition) is 7. The Hall–Kier alpha value is -2.66. The first-order valence-corrected chi connectivity index (χ1v) is 13.2. The lowest BCUT2D eigenvalue weighted by molar-refractivity contribution is 0.0702. The molecule has 2 aliphatic heterocycles. The predicted octanol–water partition coefficient (Wildman–Crippen LogP) is 2.31. The molecule has 1 fully saturated rings. The molecule has 2 aliphatic rings. The van der Waals surface area contributed by atoms with Crippen LogP contribution in [0.5, 0.6) is 0 Å². The SMILES string of the molecule is Cc1nc(-c2ccncc2)sc1C(=O)N1CCN(S(=O)(=O)c2ccc3c(c2)CNCC3)CC1. The van der Waals surface area contributed by atoms with Crippen LogP contribution in [0.15, 0.2) is 47.6 Å². The second-order valence-electron chi connectivity index (χ2n) is 8.22. The fourth-order valence-corrected chi connectivity index (χ4v) is 6.77. The molecule has 0 radical (unpaired) electrons. The van der Waals surface area contributed by atoms with Crippen molar-refractivity contribution in [2.45, 2.75) is 24.8 Å². The summed E-state index contributed by atoms with van der Waals surface area (Å²) in [5.41, 5.74) is 3.86. The van der Waals surface area contributed by atoms with Crippen molar-refractivity contribution in [1.82, 2.24) is 24.5 Å². The van der Waals surface area contributed by atoms with Crippen LogP contribution >= 0.6 is 11.3 Å². The number of hydrogen-bond donors (Lipinski definition) is 1. The molecular formula is C23H25N5O3S2. The summed E-state index contributed by atoms with van der Waals surface area (Å²) in [6.07, 6.45) is 4.31. The molecule has 5 rings (SSSR count). The normalized spacial score (nSPS) is 17.1. The first-order chi connectivity index (χ1) is 15.9. The highest BCUT2D eigenvalue weighted by Gasteiger charge is 2.32. The van der Waals surface area contributed by atoms with E-state index in [1.54, 1.807) is 29.4 Å². The number of carbonyl (C=O) groups excluding carboxylic acids is 1. The van der Waals surface area contributed by atoms with E-state index in [0.29, 0.717) is 35.1 Å². The number of piperazine rings is 1. The second kappa shape index (κ2) is 8.94. The number of fused-ring (bicyclic) bond motifs is 1. The third-order valence-electron chi connectivity index (χ3n) is 6.15. The number of carbonyl (C=O) groups is 1. The lowest BCUT2D eigenvalue weighted by Crippen LogP contribution is -2.50. The van der Waals surface area contributed by atoms with Gasteiger partial charge in [-0.05, 0) is 55.3 Å². The van der Waals surface area contributed by atoms with Crippen molar-refractivity contribution in [2.75, 3.05) is 32.7 Å². The molecule has 0 aliphatic carbocycles. The maximum atomic E-state index is 13.2. The summed E-state index contributed by atoms with van der Waals surface area (Å²) >= 11 is 1.36. The van der Waals surface area contributed by atoms with Gasteiger partial charge in [0.15, 0.2) is 0 Å². The molecule has 1 aromatic carbocycles. The van der Waals surface area contributed by atoms with Gasteiger partial charge in [0.05, 0.1) is 10.6 Å². The Labute approximate surface area is 197 Å². The van der Waals surface area contributed by atoms with Crippen molar-refractivity contribution < 1.29 is 13.2 Å². The van der Waals surface area contributed by atoms with Gasteiger partial charge in [-0.3, -0.25) is 9.78 Å². The highest BCUT2D eigenvalue weighted by Crippen LogP contribution is 2.29. The average Bonchev–Trinajstić information content (AvgIpc) is 3.25. The lowest BCUT2D eigenvalue weighted by atomic mass is 10.0. The average molecular weight is 484 g/mol. The number of rotatable bonds is 4. The third-order valence-corrected chi connectivity index (χ3v) is 9.24. The molecule has 0 atom stereocenters. The first kappa shape index (κ1) is 22.1. The van der Waals surface area contributed by atoms with Gasteiger partial charge in [0.1, 0.15) is 9.88 Å². The zero-order valence-corrected chi connectivity index (χ0v) is 20.0. The molecule has 0 bridgehead atoms. The van der Waals surface area contributed by atoms with E-state index in [1.165, 1.54) is 21.2 Å². The zero-order chi connectivity index (χ0) is 23.0. The minimum Gasteiger partial charge on any atom is -0.335 e. The predicted molar refractivity (Wildman–Crippen MR) is 127 cm³/mol. The quantitative estimate of drug-likeness (QED) is 0.612. The standard InChI is InChI=1S/C23H25N5O3S2/c1-16-21(32-22(26-16)18-5-7-24-8-6-18)23(29)27-10-12-28(13-11-27)33(30,31)20-3-2-17-4-9-25-15-19(17)14-20/h2-3,5-8,14,25H,4,9-13,15H2,1H3. The van der Waals surface area contributed by atoms with Gasteiger partial charge in [-0.15, -0.1) is 11.3 Å². The van der Waals surface area contributed by atoms with E-state index in [4.69, 9.17) is 0 Å². The van der Waals surface area contributed by atoms with Crippen LogP contribution in [0.3, 0.4) is 0 Å². The van der Waals surface area contributed by atoms with Crippen LogP contribution in [0.2, 0.25) is 0 Å². The van der Waals surface area contributed by atoms with Gasteiger partial charge < -0.3 is 10.2 Å². The molecule has 0 saturated carbocycles. The summed E-state index contributed by atoms with van der Waals surface area (Å²) in [6, 6.07) is 9.16. The van der Waals surface area contributed by atoms with Gasteiger partial charge in [0.2, 0.25) is 10.0 Å². The van der Waals surface area contributed by atoms with Crippen LogP contribution in [0, 0.1) is 6.92 Å². The van der Waals surface area contributed by atoms with Crippen LogP contribution in [0.4, 0.5) is 0 Å². The molecule has 1 saturated heterocycles. The number of nitrogens with one attached hydrogen (secondary N) is 1. The molecule has 10 heteroatoms. The smallest absolute Gasteiger partial charge is 0.265 e. The minimum atomic E-state index is -3.60. The number of thiazole rings is 1. The van der Waals surface area contributed by atoms with Crippen molar-refractivity contribution >= 4 is 27.3 Å². The second-order valence-corrected chi connectivity index (χ2v) is 11.2. The van der Waals surface area contributed by atoms with Crippen molar-refractivity contribution in [3.63, 3.8) is 0 Å². The maximum Gasteiger partial charge on any atom is 0.265 e. The summed E-state index contributed by atoms with van der Waals surface area (Å²) in [5.74, 6) is -0.0952. The number of nitrogens with zero attached hydrogens (tertiary/aromatic N) is 4. The molecule has 3 aromatic rings. The Morgan fingerprint density at radius 2 is 1.82 bits per heavy atom. The highest BCUT2D eigenvalue weighted by atomic mass is 32.2. The Kier molecular flexibility index (Phi) is 6.00. The van der Waals surface area contributed by atoms with Crippen LogP contribution in [-0.2, 0) is 23.0 Å². The summed E-state index contributed by atoms with van der Waals surface area (Å²) in [5, 5.41) is 4.07. The molecule has 2 aromatic heterocycles. The van der Waals surface area contributed by atoms with E-state index in [1.807, 2.05) is 25.1 Å². The largest absolute Gasteiger partial charge is 0.335 e. The Morgan fingerprint density at radius 1 is 1.06 bits per heavy atom. The summed E-state index contributed by atoms with van der Waals surface area (Å²) in [7, 11) is -3.60. The Morgan fingerprint density at radius 3 is 2.58 bits per heavy atom. The van der Waals surface area contributed by atoms with Crippen LogP contribution in [-0.4, -0.2) is 66.2 Å². The minimum absolute atomic E-state index is 0.0952. The van der Waals surface area contributed by atoms with Gasteiger partial charge in [-0.2, -0.15) is 4.31 Å². The number of sulfonamides is 1. The fourth-order valence-electron chi connectivity index (χ4n) is 4.25. The van der Waals surface area contributed by atoms with E-state index in [9.17, 15) is 13.2 Å². The number of aryl methyl sites for hydroxylation is 1. The number of aromatic nitrogens is 2. The molecule has 172 valence electrons. The maximum absolute atomic E-state index is 13.2. The van der Waals surface area contributed by atoms with Gasteiger partial charge in [-0.1, -0.05) is 6.07 Å². The summed E-state index contributed by atoms with van der Waals surface area (Å²) in [4.78, 5) is 24.4. The van der Waals surface area contributed by atoms with Crippen molar-refractivity contribution in [3.8, 4) is 10.6 Å². The van der Waals surface area contributed by atoms with E-state index in [0.717, 1.165) is 29.1 Å². The van der Waals surface area contributed by atoms with Crippen LogP contribution < -0.4 is 5.32 Å². The monoisotopic (exact) mass is 483 g/mol. The summed E-state index contributed by atoms with van der Waals surface area (Å²) in [6.45, 7) is 4.70. The van der Waals surface area contributed by atoms with E-state index in [-0.39, 0.29) is 19.0 Å². The van der Waals surface area contributed by atoms with Gasteiger partial charge in [-0.25, -0.2) is 13.4 Å². The van der Waals surface area contributed by atoms with E-state index >= 15 is 0 Å². The summed E-state index contributed by atoms with van der Waals surface area (Å²) < 4.78 is 27.9. The molecule has 8 nitrogen and oxygen atoms in total. The molecule has 1 amide bonds. The highest BCUT2D eigenvalue weighted by molar-refractivity contribution is 7.89. The topological polar surface area (TPSA) is 95.5 Å². The molecule has 1 N–H and O–H groups in total. The van der Waals surface area contributed by atoms with Gasteiger partial charge in [0.25, 0.3) is 5.91 Å². The molecule has 33 heavy (non-hydrogen) atoms. The number of amides is 1.